The predicted molar refractivity (Wildman–Crippen MR) is 53.4 cm³/mol. The molecule has 1 aromatic rings. The minimum Gasteiger partial charge on any atom is -0.508 e. The summed E-state index contributed by atoms with van der Waals surface area (Å²) in [6.45, 7) is -0.102. The summed E-state index contributed by atoms with van der Waals surface area (Å²) in [7, 11) is 0. The van der Waals surface area contributed by atoms with Gasteiger partial charge in [0.15, 0.2) is 0 Å². The van der Waals surface area contributed by atoms with Gasteiger partial charge in [-0.1, -0.05) is 15.9 Å². The van der Waals surface area contributed by atoms with E-state index in [2.05, 4.69) is 15.9 Å². The van der Waals surface area contributed by atoms with Gasteiger partial charge in [0.25, 0.3) is 5.92 Å². The lowest BCUT2D eigenvalue weighted by Crippen LogP contribution is -2.19. The average molecular weight is 266 g/mol. The number of halogens is 3. The van der Waals surface area contributed by atoms with Gasteiger partial charge >= 0.3 is 0 Å². The largest absolute Gasteiger partial charge is 0.508 e. The van der Waals surface area contributed by atoms with Crippen molar-refractivity contribution in [1.82, 2.24) is 0 Å². The number of aromatic hydroxyl groups is 1. The molecular formula is C9H10BrF2NO. The third-order valence-corrected chi connectivity index (χ3v) is 2.49. The predicted octanol–water partition coefficient (Wildman–Crippen LogP) is 2.60. The molecule has 1 rings (SSSR count). The number of hydrogen-bond donors (Lipinski definition) is 2. The molecule has 3 N–H and O–H groups in total. The Hall–Kier alpha value is -0.680. The monoisotopic (exact) mass is 265 g/mol. The highest BCUT2D eigenvalue weighted by atomic mass is 79.9. The van der Waals surface area contributed by atoms with Gasteiger partial charge in [0.1, 0.15) is 5.75 Å². The van der Waals surface area contributed by atoms with E-state index >= 15 is 0 Å². The molecule has 0 unspecified atom stereocenters. The van der Waals surface area contributed by atoms with E-state index in [1.54, 1.807) is 0 Å². The lowest BCUT2D eigenvalue weighted by Gasteiger charge is -2.17. The fourth-order valence-corrected chi connectivity index (χ4v) is 1.65. The van der Waals surface area contributed by atoms with E-state index in [-0.39, 0.29) is 22.3 Å². The molecule has 5 heteroatoms. The highest BCUT2D eigenvalue weighted by Crippen LogP contribution is 2.37. The van der Waals surface area contributed by atoms with Crippen molar-refractivity contribution in [3.8, 4) is 5.75 Å². The molecule has 0 aromatic heterocycles. The highest BCUT2D eigenvalue weighted by Gasteiger charge is 2.32. The summed E-state index contributed by atoms with van der Waals surface area (Å²) in [4.78, 5) is 0. The van der Waals surface area contributed by atoms with Crippen LogP contribution in [0.1, 0.15) is 12.0 Å². The first kappa shape index (κ1) is 11.4. The molecule has 78 valence electrons. The van der Waals surface area contributed by atoms with Crippen molar-refractivity contribution in [2.24, 2.45) is 5.73 Å². The average Bonchev–Trinajstić information content (AvgIpc) is 2.09. The zero-order chi connectivity index (χ0) is 10.8. The number of hydrogen-bond acceptors (Lipinski definition) is 2. The van der Waals surface area contributed by atoms with Gasteiger partial charge in [-0.3, -0.25) is 0 Å². The maximum absolute atomic E-state index is 13.4. The quantitative estimate of drug-likeness (QED) is 0.883. The van der Waals surface area contributed by atoms with Crippen LogP contribution in [0.25, 0.3) is 0 Å². The fraction of sp³-hybridized carbons (Fsp3) is 0.333. The summed E-state index contributed by atoms with van der Waals surface area (Å²) in [6.07, 6.45) is -0.435. The Morgan fingerprint density at radius 1 is 1.43 bits per heavy atom. The van der Waals surface area contributed by atoms with E-state index in [0.717, 1.165) is 6.07 Å². The lowest BCUT2D eigenvalue weighted by atomic mass is 10.1. The molecule has 0 fully saturated rings. The summed E-state index contributed by atoms with van der Waals surface area (Å²) in [5.74, 6) is -3.19. The number of rotatable bonds is 3. The van der Waals surface area contributed by atoms with Crippen LogP contribution >= 0.6 is 15.9 Å². The van der Waals surface area contributed by atoms with Crippen LogP contribution in [0.4, 0.5) is 8.78 Å². The number of alkyl halides is 2. The van der Waals surface area contributed by atoms with Gasteiger partial charge in [-0.05, 0) is 24.7 Å². The van der Waals surface area contributed by atoms with E-state index in [4.69, 9.17) is 10.8 Å². The molecule has 0 saturated heterocycles. The van der Waals surface area contributed by atoms with Crippen LogP contribution in [0.15, 0.2) is 22.7 Å². The molecule has 0 bridgehead atoms. The van der Waals surface area contributed by atoms with Crippen molar-refractivity contribution in [3.05, 3.63) is 28.2 Å². The van der Waals surface area contributed by atoms with E-state index < -0.39 is 12.3 Å². The first-order chi connectivity index (χ1) is 6.47. The van der Waals surface area contributed by atoms with Gasteiger partial charge in [-0.25, -0.2) is 8.78 Å². The summed E-state index contributed by atoms with van der Waals surface area (Å²) >= 11 is 3.00. The first-order valence-electron chi connectivity index (χ1n) is 4.04. The second-order valence-corrected chi connectivity index (χ2v) is 3.76. The van der Waals surface area contributed by atoms with Gasteiger partial charge < -0.3 is 10.8 Å². The highest BCUT2D eigenvalue weighted by molar-refractivity contribution is 9.10. The molecule has 2 nitrogen and oxygen atoms in total. The van der Waals surface area contributed by atoms with Crippen LogP contribution in [0.2, 0.25) is 0 Å². The summed E-state index contributed by atoms with van der Waals surface area (Å²) in [6, 6.07) is 3.76. The van der Waals surface area contributed by atoms with Crippen molar-refractivity contribution in [2.75, 3.05) is 6.54 Å². The Morgan fingerprint density at radius 3 is 2.64 bits per heavy atom. The summed E-state index contributed by atoms with van der Waals surface area (Å²) in [5, 5.41) is 9.08. The Kier molecular flexibility index (Phi) is 3.44. The van der Waals surface area contributed by atoms with Gasteiger partial charge in [0, 0.05) is 16.5 Å². The normalized spacial score (nSPS) is 11.7. The minimum absolute atomic E-state index is 0.102. The molecular weight excluding hydrogens is 256 g/mol. The molecule has 0 heterocycles. The number of phenols is 1. The third kappa shape index (κ3) is 2.42. The van der Waals surface area contributed by atoms with Crippen LogP contribution in [0, 0.1) is 0 Å². The van der Waals surface area contributed by atoms with Crippen LogP contribution in [0.3, 0.4) is 0 Å². The lowest BCUT2D eigenvalue weighted by molar-refractivity contribution is -0.0116. The maximum Gasteiger partial charge on any atom is 0.275 e. The van der Waals surface area contributed by atoms with Gasteiger partial charge in [-0.15, -0.1) is 0 Å². The van der Waals surface area contributed by atoms with E-state index in [1.807, 2.05) is 0 Å². The summed E-state index contributed by atoms with van der Waals surface area (Å²) in [5.41, 5.74) is 4.85. The van der Waals surface area contributed by atoms with Crippen molar-refractivity contribution >= 4 is 15.9 Å². The molecule has 0 spiro atoms. The molecule has 0 aliphatic heterocycles. The minimum atomic E-state index is -3.01. The molecule has 0 amide bonds. The van der Waals surface area contributed by atoms with E-state index in [9.17, 15) is 8.78 Å². The number of phenolic OH excluding ortho intramolecular Hbond substituents is 1. The van der Waals surface area contributed by atoms with Gasteiger partial charge in [0.2, 0.25) is 0 Å². The van der Waals surface area contributed by atoms with E-state index in [1.165, 1.54) is 12.1 Å². The molecule has 1 aromatic carbocycles. The van der Waals surface area contributed by atoms with Crippen molar-refractivity contribution in [3.63, 3.8) is 0 Å². The molecule has 0 radical (unpaired) electrons. The maximum atomic E-state index is 13.4. The van der Waals surface area contributed by atoms with Crippen molar-refractivity contribution < 1.29 is 13.9 Å². The number of nitrogens with two attached hydrogens (primary N) is 1. The zero-order valence-corrected chi connectivity index (χ0v) is 8.89. The topological polar surface area (TPSA) is 46.2 Å². The second kappa shape index (κ2) is 4.23. The van der Waals surface area contributed by atoms with Gasteiger partial charge in [-0.2, -0.15) is 0 Å². The van der Waals surface area contributed by atoms with Crippen LogP contribution in [-0.2, 0) is 5.92 Å². The Bertz CT molecular complexity index is 331. The summed E-state index contributed by atoms with van der Waals surface area (Å²) < 4.78 is 27.0. The standard InChI is InChI=1S/C9H10BrF2NO/c10-8-2-1-6(14)5-7(8)9(11,12)3-4-13/h1-2,5,14H,3-4,13H2. The Labute approximate surface area is 88.9 Å². The van der Waals surface area contributed by atoms with Crippen molar-refractivity contribution in [2.45, 2.75) is 12.3 Å². The Balaban J connectivity index is 3.10. The van der Waals surface area contributed by atoms with E-state index in [0.29, 0.717) is 0 Å². The molecule has 0 saturated carbocycles. The van der Waals surface area contributed by atoms with Crippen LogP contribution in [-0.4, -0.2) is 11.7 Å². The van der Waals surface area contributed by atoms with Crippen LogP contribution < -0.4 is 5.73 Å². The van der Waals surface area contributed by atoms with Gasteiger partial charge in [0.05, 0.1) is 0 Å². The fourth-order valence-electron chi connectivity index (χ4n) is 1.11. The van der Waals surface area contributed by atoms with Crippen molar-refractivity contribution in [1.29, 1.82) is 0 Å². The van der Waals surface area contributed by atoms with Crippen LogP contribution in [0.5, 0.6) is 5.75 Å². The first-order valence-corrected chi connectivity index (χ1v) is 4.83. The SMILES string of the molecule is NCCC(F)(F)c1cc(O)ccc1Br. The third-order valence-electron chi connectivity index (χ3n) is 1.80. The molecule has 0 aliphatic rings. The molecule has 14 heavy (non-hydrogen) atoms. The molecule has 0 aliphatic carbocycles. The zero-order valence-electron chi connectivity index (χ0n) is 7.30. The molecule has 0 atom stereocenters. The second-order valence-electron chi connectivity index (χ2n) is 2.91. The Morgan fingerprint density at radius 2 is 2.07 bits per heavy atom. The smallest absolute Gasteiger partial charge is 0.275 e. The number of benzene rings is 1.